The van der Waals surface area contributed by atoms with Gasteiger partial charge >= 0.3 is 0 Å². The molecule has 1 aromatic heterocycles. The molecular weight excluding hydrogens is 260 g/mol. The summed E-state index contributed by atoms with van der Waals surface area (Å²) in [6.07, 6.45) is 6.11. The third-order valence-corrected chi connectivity index (χ3v) is 4.62. The van der Waals surface area contributed by atoms with Crippen molar-refractivity contribution in [3.8, 4) is 0 Å². The molecule has 2 unspecified atom stereocenters. The van der Waals surface area contributed by atoms with Crippen LogP contribution in [0.5, 0.6) is 0 Å². The first-order valence-corrected chi connectivity index (χ1v) is 7.48. The SMILES string of the molecule is Cc1cc(C(=O)N2CCCC3CCCC32)cc(Cl)n1. The number of carbonyl (C=O) groups is 1. The van der Waals surface area contributed by atoms with Gasteiger partial charge in [0, 0.05) is 23.8 Å². The molecule has 3 rings (SSSR count). The molecule has 0 bridgehead atoms. The standard InChI is InChI=1S/C15H19ClN2O/c1-10-8-12(9-14(16)17-10)15(19)18-7-3-5-11-4-2-6-13(11)18/h8-9,11,13H,2-7H2,1H3. The molecule has 1 aromatic rings. The predicted octanol–water partition coefficient (Wildman–Crippen LogP) is 3.45. The van der Waals surface area contributed by atoms with Gasteiger partial charge in [-0.25, -0.2) is 4.98 Å². The lowest BCUT2D eigenvalue weighted by Crippen LogP contribution is -2.46. The van der Waals surface area contributed by atoms with Crippen molar-refractivity contribution in [2.75, 3.05) is 6.54 Å². The molecule has 1 aliphatic heterocycles. The van der Waals surface area contributed by atoms with Crippen molar-refractivity contribution < 1.29 is 4.79 Å². The third-order valence-electron chi connectivity index (χ3n) is 4.42. The zero-order chi connectivity index (χ0) is 13.4. The number of piperidine rings is 1. The Balaban J connectivity index is 1.86. The highest BCUT2D eigenvalue weighted by Crippen LogP contribution is 2.37. The van der Waals surface area contributed by atoms with Crippen molar-refractivity contribution in [2.24, 2.45) is 5.92 Å². The van der Waals surface area contributed by atoms with Gasteiger partial charge in [-0.05, 0) is 50.7 Å². The Morgan fingerprint density at radius 3 is 2.89 bits per heavy atom. The molecule has 0 radical (unpaired) electrons. The summed E-state index contributed by atoms with van der Waals surface area (Å²) in [5.41, 5.74) is 1.49. The highest BCUT2D eigenvalue weighted by molar-refractivity contribution is 6.29. The molecule has 0 spiro atoms. The lowest BCUT2D eigenvalue weighted by molar-refractivity contribution is 0.0548. The normalized spacial score (nSPS) is 26.3. The van der Waals surface area contributed by atoms with E-state index in [9.17, 15) is 4.79 Å². The number of aryl methyl sites for hydroxylation is 1. The molecule has 102 valence electrons. The number of rotatable bonds is 1. The van der Waals surface area contributed by atoms with E-state index in [1.807, 2.05) is 13.0 Å². The third kappa shape index (κ3) is 2.48. The van der Waals surface area contributed by atoms with Crippen LogP contribution in [0.4, 0.5) is 0 Å². The zero-order valence-electron chi connectivity index (χ0n) is 11.2. The van der Waals surface area contributed by atoms with Crippen molar-refractivity contribution >= 4 is 17.5 Å². The molecular formula is C15H19ClN2O. The molecule has 1 saturated heterocycles. The molecule has 0 aromatic carbocycles. The summed E-state index contributed by atoms with van der Waals surface area (Å²) in [7, 11) is 0. The fourth-order valence-corrected chi connectivity index (χ4v) is 3.87. The molecule has 2 heterocycles. The summed E-state index contributed by atoms with van der Waals surface area (Å²) in [6.45, 7) is 2.76. The minimum Gasteiger partial charge on any atom is -0.335 e. The number of nitrogens with zero attached hydrogens (tertiary/aromatic N) is 2. The Labute approximate surface area is 119 Å². The first kappa shape index (κ1) is 12.9. The topological polar surface area (TPSA) is 33.2 Å². The minimum atomic E-state index is 0.129. The molecule has 0 N–H and O–H groups in total. The number of carbonyl (C=O) groups excluding carboxylic acids is 1. The quantitative estimate of drug-likeness (QED) is 0.737. The predicted molar refractivity (Wildman–Crippen MR) is 75.4 cm³/mol. The second kappa shape index (κ2) is 5.12. The maximum atomic E-state index is 12.7. The number of aromatic nitrogens is 1. The summed E-state index contributed by atoms with van der Waals surface area (Å²) in [4.78, 5) is 18.9. The molecule has 1 amide bonds. The fraction of sp³-hybridized carbons (Fsp3) is 0.600. The molecule has 4 heteroatoms. The first-order valence-electron chi connectivity index (χ1n) is 7.10. The minimum absolute atomic E-state index is 0.129. The first-order chi connectivity index (χ1) is 9.15. The van der Waals surface area contributed by atoms with E-state index < -0.39 is 0 Å². The number of pyridine rings is 1. The van der Waals surface area contributed by atoms with Crippen LogP contribution in [0.2, 0.25) is 5.15 Å². The summed E-state index contributed by atoms with van der Waals surface area (Å²) in [6, 6.07) is 3.98. The molecule has 1 saturated carbocycles. The number of likely N-dealkylation sites (tertiary alicyclic amines) is 1. The Bertz CT molecular complexity index is 483. The van der Waals surface area contributed by atoms with Crippen molar-refractivity contribution in [2.45, 2.75) is 45.1 Å². The monoisotopic (exact) mass is 278 g/mol. The van der Waals surface area contributed by atoms with E-state index >= 15 is 0 Å². The van der Waals surface area contributed by atoms with Gasteiger partial charge in [-0.15, -0.1) is 0 Å². The maximum absolute atomic E-state index is 12.7. The second-order valence-corrected chi connectivity index (χ2v) is 6.11. The van der Waals surface area contributed by atoms with E-state index in [0.29, 0.717) is 16.8 Å². The van der Waals surface area contributed by atoms with E-state index in [2.05, 4.69) is 9.88 Å². The van der Waals surface area contributed by atoms with Crippen LogP contribution in [0, 0.1) is 12.8 Å². The molecule has 2 atom stereocenters. The summed E-state index contributed by atoms with van der Waals surface area (Å²) >= 11 is 5.96. The van der Waals surface area contributed by atoms with Crippen molar-refractivity contribution in [3.63, 3.8) is 0 Å². The fourth-order valence-electron chi connectivity index (χ4n) is 3.62. The van der Waals surface area contributed by atoms with E-state index in [0.717, 1.165) is 31.0 Å². The van der Waals surface area contributed by atoms with Gasteiger partial charge in [0.15, 0.2) is 0 Å². The largest absolute Gasteiger partial charge is 0.335 e. The van der Waals surface area contributed by atoms with Crippen LogP contribution in [0.25, 0.3) is 0 Å². The number of amides is 1. The molecule has 19 heavy (non-hydrogen) atoms. The zero-order valence-corrected chi connectivity index (χ0v) is 12.0. The van der Waals surface area contributed by atoms with Gasteiger partial charge in [0.25, 0.3) is 5.91 Å². The van der Waals surface area contributed by atoms with Gasteiger partial charge in [0.1, 0.15) is 5.15 Å². The molecule has 2 aliphatic rings. The van der Waals surface area contributed by atoms with Crippen LogP contribution in [-0.2, 0) is 0 Å². The molecule has 2 fully saturated rings. The highest BCUT2D eigenvalue weighted by Gasteiger charge is 2.37. The van der Waals surface area contributed by atoms with Gasteiger partial charge in [-0.2, -0.15) is 0 Å². The van der Waals surface area contributed by atoms with Gasteiger partial charge in [-0.3, -0.25) is 4.79 Å². The van der Waals surface area contributed by atoms with Crippen LogP contribution in [0.1, 0.15) is 48.2 Å². The number of hydrogen-bond donors (Lipinski definition) is 0. The van der Waals surface area contributed by atoms with Crippen LogP contribution >= 0.6 is 11.6 Å². The second-order valence-electron chi connectivity index (χ2n) is 5.72. The van der Waals surface area contributed by atoms with Crippen LogP contribution in [-0.4, -0.2) is 28.4 Å². The van der Waals surface area contributed by atoms with E-state index in [1.165, 1.54) is 19.3 Å². The number of hydrogen-bond acceptors (Lipinski definition) is 2. The molecule has 3 nitrogen and oxygen atoms in total. The lowest BCUT2D eigenvalue weighted by atomic mass is 9.91. The highest BCUT2D eigenvalue weighted by atomic mass is 35.5. The van der Waals surface area contributed by atoms with E-state index in [4.69, 9.17) is 11.6 Å². The van der Waals surface area contributed by atoms with Gasteiger partial charge < -0.3 is 4.90 Å². The Morgan fingerprint density at radius 2 is 2.11 bits per heavy atom. The van der Waals surface area contributed by atoms with Crippen molar-refractivity contribution in [3.05, 3.63) is 28.5 Å². The lowest BCUT2D eigenvalue weighted by Gasteiger charge is -2.37. The Kier molecular flexibility index (Phi) is 3.48. The summed E-state index contributed by atoms with van der Waals surface area (Å²) in [5, 5.41) is 0.406. The van der Waals surface area contributed by atoms with Crippen molar-refractivity contribution in [1.82, 2.24) is 9.88 Å². The van der Waals surface area contributed by atoms with Gasteiger partial charge in [-0.1, -0.05) is 18.0 Å². The average molecular weight is 279 g/mol. The summed E-state index contributed by atoms with van der Waals surface area (Å²) < 4.78 is 0. The van der Waals surface area contributed by atoms with Crippen LogP contribution in [0.3, 0.4) is 0 Å². The van der Waals surface area contributed by atoms with Gasteiger partial charge in [0.05, 0.1) is 0 Å². The van der Waals surface area contributed by atoms with Crippen LogP contribution in [0.15, 0.2) is 12.1 Å². The Hall–Kier alpha value is -1.09. The van der Waals surface area contributed by atoms with Crippen LogP contribution < -0.4 is 0 Å². The summed E-state index contributed by atoms with van der Waals surface area (Å²) in [5.74, 6) is 0.847. The number of fused-ring (bicyclic) bond motifs is 1. The van der Waals surface area contributed by atoms with Crippen molar-refractivity contribution in [1.29, 1.82) is 0 Å². The smallest absolute Gasteiger partial charge is 0.254 e. The van der Waals surface area contributed by atoms with Gasteiger partial charge in [0.2, 0.25) is 0 Å². The maximum Gasteiger partial charge on any atom is 0.254 e. The Morgan fingerprint density at radius 1 is 1.32 bits per heavy atom. The van der Waals surface area contributed by atoms with E-state index in [1.54, 1.807) is 6.07 Å². The molecule has 1 aliphatic carbocycles. The number of halogens is 1. The average Bonchev–Trinajstić information content (AvgIpc) is 2.84. The van der Waals surface area contributed by atoms with E-state index in [-0.39, 0.29) is 5.91 Å².